The number of carbonyl (C=O) groups is 3. The molecule has 2 heterocycles. The molecule has 0 spiro atoms. The van der Waals surface area contributed by atoms with Crippen LogP contribution in [0.4, 0.5) is 5.69 Å². The molecule has 1 aromatic heterocycles. The summed E-state index contributed by atoms with van der Waals surface area (Å²) in [5, 5.41) is 13.9. The van der Waals surface area contributed by atoms with Crippen molar-refractivity contribution in [1.29, 1.82) is 0 Å². The Balaban J connectivity index is 1.80. The van der Waals surface area contributed by atoms with Gasteiger partial charge in [0.05, 0.1) is 25.9 Å². The summed E-state index contributed by atoms with van der Waals surface area (Å²) in [6.07, 6.45) is 1.50. The van der Waals surface area contributed by atoms with E-state index in [0.29, 0.717) is 34.1 Å². The molecular weight excluding hydrogens is 494 g/mol. The molecule has 3 aromatic rings. The molecule has 4 rings (SSSR count). The number of carboxylic acid groups (broad SMARTS) is 1. The summed E-state index contributed by atoms with van der Waals surface area (Å²) in [5.74, 6) is -1.65. The molecule has 0 unspecified atom stereocenters. The van der Waals surface area contributed by atoms with Gasteiger partial charge in [0.25, 0.3) is 11.8 Å². The fourth-order valence-corrected chi connectivity index (χ4v) is 4.56. The van der Waals surface area contributed by atoms with Crippen molar-refractivity contribution in [3.8, 4) is 17.2 Å². The second-order valence-corrected chi connectivity index (χ2v) is 8.83. The van der Waals surface area contributed by atoms with E-state index in [1.807, 2.05) is 31.4 Å². The summed E-state index contributed by atoms with van der Waals surface area (Å²) in [6.45, 7) is 5.54. The number of hydrogen-bond donors (Lipinski definition) is 1. The molecule has 1 aliphatic rings. The van der Waals surface area contributed by atoms with E-state index >= 15 is 0 Å². The number of aromatic nitrogens is 1. The molecule has 0 saturated carbocycles. The zero-order valence-electron chi connectivity index (χ0n) is 20.9. The number of rotatable bonds is 6. The number of carbonyl (C=O) groups excluding carboxylic acids is 3. The molecule has 2 aromatic carbocycles. The maximum Gasteiger partial charge on any atom is 0.270 e. The standard InChI is InChI=1S/C27H25N3O6S/c1-14-6-7-17(26(33)34)12-22(14)29-15(2)10-18(16(29)3)11-20-24(31)28-27(37)30(25(20)32)21-9-8-19(35-4)13-23(21)36-5/h6-13H,1-5H3,(H,33,34)(H,28,31,37)/p-1/b20-11+. The van der Waals surface area contributed by atoms with Gasteiger partial charge < -0.3 is 23.9 Å². The first-order valence-corrected chi connectivity index (χ1v) is 11.6. The van der Waals surface area contributed by atoms with Crippen LogP contribution >= 0.6 is 12.2 Å². The van der Waals surface area contributed by atoms with Crippen molar-refractivity contribution in [3.63, 3.8) is 0 Å². The number of carboxylic acids is 1. The first-order chi connectivity index (χ1) is 17.6. The van der Waals surface area contributed by atoms with Gasteiger partial charge in [-0.15, -0.1) is 0 Å². The van der Waals surface area contributed by atoms with Gasteiger partial charge in [-0.25, -0.2) is 4.90 Å². The van der Waals surface area contributed by atoms with Crippen LogP contribution in [0.25, 0.3) is 11.8 Å². The summed E-state index contributed by atoms with van der Waals surface area (Å²) in [7, 11) is 2.97. The van der Waals surface area contributed by atoms with E-state index in [-0.39, 0.29) is 16.2 Å². The van der Waals surface area contributed by atoms with Gasteiger partial charge >= 0.3 is 0 Å². The summed E-state index contributed by atoms with van der Waals surface area (Å²) in [4.78, 5) is 39.0. The quantitative estimate of drug-likeness (QED) is 0.303. The maximum absolute atomic E-state index is 13.6. The fourth-order valence-electron chi connectivity index (χ4n) is 4.28. The monoisotopic (exact) mass is 518 g/mol. The van der Waals surface area contributed by atoms with E-state index in [0.717, 1.165) is 11.3 Å². The smallest absolute Gasteiger partial charge is 0.270 e. The number of ether oxygens (including phenoxy) is 2. The zero-order chi connectivity index (χ0) is 27.0. The molecule has 1 fully saturated rings. The molecule has 1 N–H and O–H groups in total. The van der Waals surface area contributed by atoms with Gasteiger partial charge in [-0.05, 0) is 80.0 Å². The number of anilines is 1. The minimum Gasteiger partial charge on any atom is -0.545 e. The number of aryl methyl sites for hydroxylation is 2. The molecule has 0 radical (unpaired) electrons. The Morgan fingerprint density at radius 3 is 2.38 bits per heavy atom. The van der Waals surface area contributed by atoms with E-state index in [1.165, 1.54) is 37.3 Å². The molecule has 9 nitrogen and oxygen atoms in total. The van der Waals surface area contributed by atoms with Crippen molar-refractivity contribution in [2.75, 3.05) is 19.1 Å². The van der Waals surface area contributed by atoms with E-state index in [2.05, 4.69) is 5.32 Å². The van der Waals surface area contributed by atoms with Crippen LogP contribution in [0, 0.1) is 20.8 Å². The molecular formula is C27H24N3O6S-. The Hall–Kier alpha value is -4.44. The van der Waals surface area contributed by atoms with Crippen LogP contribution in [0.15, 0.2) is 48.0 Å². The number of methoxy groups -OCH3 is 2. The lowest BCUT2D eigenvalue weighted by Crippen LogP contribution is -2.54. The Bertz CT molecular complexity index is 1500. The van der Waals surface area contributed by atoms with Gasteiger partial charge in [-0.3, -0.25) is 14.9 Å². The molecule has 10 heteroatoms. The molecule has 1 saturated heterocycles. The third kappa shape index (κ3) is 4.58. The zero-order valence-corrected chi connectivity index (χ0v) is 21.7. The summed E-state index contributed by atoms with van der Waals surface area (Å²) >= 11 is 5.31. The molecule has 190 valence electrons. The summed E-state index contributed by atoms with van der Waals surface area (Å²) in [6, 6.07) is 11.4. The van der Waals surface area contributed by atoms with Gasteiger partial charge in [0.2, 0.25) is 0 Å². The topological polar surface area (TPSA) is 113 Å². The lowest BCUT2D eigenvalue weighted by Gasteiger charge is -2.30. The lowest BCUT2D eigenvalue weighted by atomic mass is 10.1. The molecule has 2 amide bonds. The first-order valence-electron chi connectivity index (χ1n) is 11.2. The normalized spacial score (nSPS) is 14.7. The largest absolute Gasteiger partial charge is 0.545 e. The highest BCUT2D eigenvalue weighted by Crippen LogP contribution is 2.35. The van der Waals surface area contributed by atoms with E-state index in [1.54, 1.807) is 24.3 Å². The Morgan fingerprint density at radius 1 is 1.00 bits per heavy atom. The van der Waals surface area contributed by atoms with Crippen LogP contribution in [0.1, 0.15) is 32.9 Å². The van der Waals surface area contributed by atoms with Crippen LogP contribution in [-0.4, -0.2) is 41.7 Å². The van der Waals surface area contributed by atoms with Gasteiger partial charge in [-0.1, -0.05) is 12.1 Å². The van der Waals surface area contributed by atoms with E-state index in [9.17, 15) is 19.5 Å². The number of benzene rings is 2. The van der Waals surface area contributed by atoms with E-state index in [4.69, 9.17) is 21.7 Å². The average Bonchev–Trinajstić information content (AvgIpc) is 3.14. The van der Waals surface area contributed by atoms with Crippen LogP contribution in [0.3, 0.4) is 0 Å². The Morgan fingerprint density at radius 2 is 1.73 bits per heavy atom. The van der Waals surface area contributed by atoms with E-state index < -0.39 is 17.8 Å². The lowest BCUT2D eigenvalue weighted by molar-refractivity contribution is -0.255. The van der Waals surface area contributed by atoms with Crippen LogP contribution in [-0.2, 0) is 9.59 Å². The maximum atomic E-state index is 13.6. The number of nitrogens with one attached hydrogen (secondary N) is 1. The number of amides is 2. The molecule has 1 aliphatic heterocycles. The Kier molecular flexibility index (Phi) is 6.86. The summed E-state index contributed by atoms with van der Waals surface area (Å²) < 4.78 is 12.5. The Labute approximate surface area is 218 Å². The van der Waals surface area contributed by atoms with Crippen molar-refractivity contribution in [1.82, 2.24) is 9.88 Å². The van der Waals surface area contributed by atoms with Crippen LogP contribution in [0.2, 0.25) is 0 Å². The van der Waals surface area contributed by atoms with Crippen molar-refractivity contribution in [2.24, 2.45) is 0 Å². The number of hydrogen-bond acceptors (Lipinski definition) is 7. The number of aromatic carboxylic acids is 1. The first kappa shape index (κ1) is 25.6. The van der Waals surface area contributed by atoms with Crippen molar-refractivity contribution in [3.05, 3.63) is 76.1 Å². The van der Waals surface area contributed by atoms with Crippen molar-refractivity contribution >= 4 is 46.9 Å². The molecule has 37 heavy (non-hydrogen) atoms. The summed E-state index contributed by atoms with van der Waals surface area (Å²) in [5.41, 5.74) is 3.90. The molecule has 0 bridgehead atoms. The number of nitrogens with zero attached hydrogens (tertiary/aromatic N) is 2. The van der Waals surface area contributed by atoms with Gasteiger partial charge in [0.1, 0.15) is 17.1 Å². The van der Waals surface area contributed by atoms with Gasteiger partial charge in [0, 0.05) is 23.1 Å². The third-order valence-corrected chi connectivity index (χ3v) is 6.47. The second-order valence-electron chi connectivity index (χ2n) is 8.45. The van der Waals surface area contributed by atoms with Crippen LogP contribution < -0.4 is 24.8 Å². The van der Waals surface area contributed by atoms with Gasteiger partial charge in [-0.2, -0.15) is 0 Å². The van der Waals surface area contributed by atoms with Crippen molar-refractivity contribution in [2.45, 2.75) is 20.8 Å². The fraction of sp³-hybridized carbons (Fsp3) is 0.185. The predicted molar refractivity (Wildman–Crippen MR) is 140 cm³/mol. The minimum atomic E-state index is -1.28. The highest BCUT2D eigenvalue weighted by molar-refractivity contribution is 7.80. The average molecular weight is 519 g/mol. The second kappa shape index (κ2) is 9.90. The molecule has 0 aliphatic carbocycles. The SMILES string of the molecule is COc1ccc(N2C(=O)/C(=C/c3cc(C)n(-c4cc(C(=O)[O-])ccc4C)c3C)C(=O)NC2=S)c(OC)c1. The minimum absolute atomic E-state index is 0.0485. The van der Waals surface area contributed by atoms with Crippen LogP contribution in [0.5, 0.6) is 11.5 Å². The number of thiocarbonyl (C=S) groups is 1. The third-order valence-electron chi connectivity index (χ3n) is 6.19. The highest BCUT2D eigenvalue weighted by Gasteiger charge is 2.36. The van der Waals surface area contributed by atoms with Crippen molar-refractivity contribution < 1.29 is 29.0 Å². The highest BCUT2D eigenvalue weighted by atomic mass is 32.1. The molecule has 0 atom stereocenters. The van der Waals surface area contributed by atoms with Gasteiger partial charge in [0.15, 0.2) is 5.11 Å². The predicted octanol–water partition coefficient (Wildman–Crippen LogP) is 2.61.